The number of hydrogen-bond donors (Lipinski definition) is 1. The highest BCUT2D eigenvalue weighted by atomic mass is 16.5. The van der Waals surface area contributed by atoms with Crippen molar-refractivity contribution in [3.8, 4) is 0 Å². The molecule has 3 atom stereocenters. The van der Waals surface area contributed by atoms with Gasteiger partial charge >= 0.3 is 6.03 Å². The number of methoxy groups -OCH3 is 1. The second-order valence-electron chi connectivity index (χ2n) is 9.92. The predicted molar refractivity (Wildman–Crippen MR) is 133 cm³/mol. The molecule has 2 fully saturated rings. The minimum absolute atomic E-state index is 0.00323. The number of benzene rings is 1. The van der Waals surface area contributed by atoms with Gasteiger partial charge < -0.3 is 25.0 Å². The number of carbonyl (C=O) groups excluding carboxylic acids is 1. The van der Waals surface area contributed by atoms with Gasteiger partial charge in [-0.2, -0.15) is 0 Å². The third kappa shape index (κ3) is 7.69. The number of likely N-dealkylation sites (N-methyl/N-ethyl adjacent to an activating group) is 1. The van der Waals surface area contributed by atoms with Gasteiger partial charge in [0.05, 0.1) is 6.10 Å². The molecular weight excluding hydrogens is 414 g/mol. The summed E-state index contributed by atoms with van der Waals surface area (Å²) in [5.74, 6) is 0.996. The summed E-state index contributed by atoms with van der Waals surface area (Å²) in [5, 5.41) is 0. The van der Waals surface area contributed by atoms with Gasteiger partial charge in [-0.05, 0) is 37.2 Å². The number of carbonyl (C=O) groups is 1. The average molecular weight is 460 g/mol. The first-order valence-corrected chi connectivity index (χ1v) is 13.0. The highest BCUT2D eigenvalue weighted by Crippen LogP contribution is 2.34. The van der Waals surface area contributed by atoms with E-state index in [-0.39, 0.29) is 24.1 Å². The van der Waals surface area contributed by atoms with E-state index in [1.54, 1.807) is 7.11 Å². The van der Waals surface area contributed by atoms with E-state index in [1.807, 2.05) is 22.9 Å². The Balaban J connectivity index is 1.62. The van der Waals surface area contributed by atoms with E-state index in [9.17, 15) is 4.79 Å². The quantitative estimate of drug-likeness (QED) is 0.481. The first-order chi connectivity index (χ1) is 16.1. The van der Waals surface area contributed by atoms with Crippen LogP contribution in [0.4, 0.5) is 4.79 Å². The molecule has 3 rings (SSSR count). The van der Waals surface area contributed by atoms with Crippen molar-refractivity contribution in [3.63, 3.8) is 0 Å². The second-order valence-corrected chi connectivity index (χ2v) is 9.92. The highest BCUT2D eigenvalue weighted by Gasteiger charge is 2.34. The molecule has 2 amide bonds. The monoisotopic (exact) mass is 459 g/mol. The smallest absolute Gasteiger partial charge is 0.320 e. The van der Waals surface area contributed by atoms with Crippen molar-refractivity contribution in [2.45, 2.75) is 69.9 Å². The Morgan fingerprint density at radius 1 is 1.12 bits per heavy atom. The Morgan fingerprint density at radius 3 is 2.58 bits per heavy atom. The molecule has 0 bridgehead atoms. The molecule has 0 radical (unpaired) electrons. The number of nitrogens with two attached hydrogens (primary N) is 1. The van der Waals surface area contributed by atoms with Crippen LogP contribution in [0.1, 0.15) is 69.5 Å². The van der Waals surface area contributed by atoms with E-state index < -0.39 is 0 Å². The lowest BCUT2D eigenvalue weighted by atomic mass is 9.84. The van der Waals surface area contributed by atoms with Crippen LogP contribution >= 0.6 is 0 Å². The van der Waals surface area contributed by atoms with E-state index in [2.05, 4.69) is 24.3 Å². The van der Waals surface area contributed by atoms with Crippen molar-refractivity contribution >= 4 is 6.03 Å². The summed E-state index contributed by atoms with van der Waals surface area (Å²) in [6.45, 7) is 3.43. The van der Waals surface area contributed by atoms with Crippen LogP contribution in [0.2, 0.25) is 0 Å². The molecule has 2 aliphatic rings. The lowest BCUT2D eigenvalue weighted by Crippen LogP contribution is -2.52. The Morgan fingerprint density at radius 2 is 1.88 bits per heavy atom. The third-order valence-corrected chi connectivity index (χ3v) is 7.53. The van der Waals surface area contributed by atoms with Crippen LogP contribution in [0.3, 0.4) is 0 Å². The molecule has 33 heavy (non-hydrogen) atoms. The van der Waals surface area contributed by atoms with Crippen molar-refractivity contribution in [1.82, 2.24) is 9.80 Å². The van der Waals surface area contributed by atoms with Crippen molar-refractivity contribution in [2.75, 3.05) is 47.0 Å². The number of amides is 2. The van der Waals surface area contributed by atoms with Crippen molar-refractivity contribution in [3.05, 3.63) is 35.9 Å². The number of nitrogens with zero attached hydrogens (tertiary/aromatic N) is 2. The Kier molecular flexibility index (Phi) is 11.0. The van der Waals surface area contributed by atoms with Crippen LogP contribution in [0, 0.1) is 11.8 Å². The topological polar surface area (TPSA) is 68.0 Å². The maximum absolute atomic E-state index is 13.5. The average Bonchev–Trinajstić information content (AvgIpc) is 2.87. The zero-order chi connectivity index (χ0) is 23.5. The molecule has 186 valence electrons. The van der Waals surface area contributed by atoms with E-state index >= 15 is 0 Å². The van der Waals surface area contributed by atoms with E-state index in [1.165, 1.54) is 37.7 Å². The van der Waals surface area contributed by atoms with E-state index in [0.29, 0.717) is 25.7 Å². The van der Waals surface area contributed by atoms with Gasteiger partial charge in [-0.15, -0.1) is 0 Å². The van der Waals surface area contributed by atoms with Crippen molar-refractivity contribution < 1.29 is 14.3 Å². The van der Waals surface area contributed by atoms with Crippen LogP contribution in [-0.4, -0.2) is 68.9 Å². The minimum atomic E-state index is -0.00323. The van der Waals surface area contributed by atoms with Crippen LogP contribution in [0.25, 0.3) is 0 Å². The minimum Gasteiger partial charge on any atom is -0.385 e. The summed E-state index contributed by atoms with van der Waals surface area (Å²) in [4.78, 5) is 17.4. The molecule has 6 heteroatoms. The summed E-state index contributed by atoms with van der Waals surface area (Å²) in [7, 11) is 3.67. The predicted octanol–water partition coefficient (Wildman–Crippen LogP) is 4.84. The number of hydrogen-bond acceptors (Lipinski definition) is 4. The molecule has 1 saturated heterocycles. The van der Waals surface area contributed by atoms with Crippen LogP contribution < -0.4 is 5.73 Å². The van der Waals surface area contributed by atoms with Crippen molar-refractivity contribution in [2.24, 2.45) is 17.6 Å². The number of urea groups is 1. The molecular formula is C27H45N3O3. The van der Waals surface area contributed by atoms with Gasteiger partial charge in [-0.25, -0.2) is 4.79 Å². The normalized spacial score (nSPS) is 21.5. The van der Waals surface area contributed by atoms with E-state index in [4.69, 9.17) is 15.2 Å². The Hall–Kier alpha value is -1.63. The molecule has 6 nitrogen and oxygen atoms in total. The number of likely N-dealkylation sites (tertiary alicyclic amines) is 1. The molecule has 1 aromatic carbocycles. The van der Waals surface area contributed by atoms with E-state index in [0.717, 1.165) is 38.8 Å². The van der Waals surface area contributed by atoms with Gasteiger partial charge in [-0.3, -0.25) is 0 Å². The first kappa shape index (κ1) is 26.0. The Labute approximate surface area is 200 Å². The van der Waals surface area contributed by atoms with Gasteiger partial charge in [0.25, 0.3) is 0 Å². The number of rotatable bonds is 11. The standard InChI is InChI=1S/C27H45N3O3/c1-29(25(20-28)19-22-11-5-3-6-12-22)27(31)30-16-9-15-24(21-30)26(33-18-10-17-32-2)23-13-7-4-8-14-23/h4,7-8,13-14,22,24-26H,3,5-6,9-12,15-21,28H2,1-2H3/t24-,25?,26+/m1/s1. The van der Waals surface area contributed by atoms with Gasteiger partial charge in [0.1, 0.15) is 0 Å². The highest BCUT2D eigenvalue weighted by molar-refractivity contribution is 5.74. The fourth-order valence-electron chi connectivity index (χ4n) is 5.59. The zero-order valence-electron chi connectivity index (χ0n) is 20.8. The molecule has 1 aliphatic heterocycles. The summed E-state index contributed by atoms with van der Waals surface area (Å²) in [6, 6.07) is 10.7. The van der Waals surface area contributed by atoms with Crippen LogP contribution in [0.15, 0.2) is 30.3 Å². The van der Waals surface area contributed by atoms with Gasteiger partial charge in [-0.1, -0.05) is 62.4 Å². The summed E-state index contributed by atoms with van der Waals surface area (Å²) >= 11 is 0. The van der Waals surface area contributed by atoms with Gasteiger partial charge in [0, 0.05) is 59.0 Å². The van der Waals surface area contributed by atoms with Crippen LogP contribution in [0.5, 0.6) is 0 Å². The fourth-order valence-corrected chi connectivity index (χ4v) is 5.59. The molecule has 2 N–H and O–H groups in total. The molecule has 1 saturated carbocycles. The number of piperidine rings is 1. The van der Waals surface area contributed by atoms with Gasteiger partial charge in [0.15, 0.2) is 0 Å². The molecule has 1 heterocycles. The Bertz CT molecular complexity index is 680. The summed E-state index contributed by atoms with van der Waals surface area (Å²) in [5.41, 5.74) is 7.34. The zero-order valence-corrected chi connectivity index (χ0v) is 20.8. The van der Waals surface area contributed by atoms with Crippen LogP contribution in [-0.2, 0) is 9.47 Å². The lowest BCUT2D eigenvalue weighted by molar-refractivity contribution is -0.0187. The largest absolute Gasteiger partial charge is 0.385 e. The fraction of sp³-hybridized carbons (Fsp3) is 0.741. The summed E-state index contributed by atoms with van der Waals surface area (Å²) in [6.07, 6.45) is 10.5. The van der Waals surface area contributed by atoms with Gasteiger partial charge in [0.2, 0.25) is 0 Å². The maximum atomic E-state index is 13.5. The maximum Gasteiger partial charge on any atom is 0.320 e. The second kappa shape index (κ2) is 13.9. The van der Waals surface area contributed by atoms with Crippen molar-refractivity contribution in [1.29, 1.82) is 0 Å². The number of ether oxygens (including phenoxy) is 2. The molecule has 1 unspecified atom stereocenters. The molecule has 1 aromatic rings. The molecule has 1 aliphatic carbocycles. The molecule has 0 aromatic heterocycles. The lowest BCUT2D eigenvalue weighted by Gasteiger charge is -2.40. The third-order valence-electron chi connectivity index (χ3n) is 7.53. The SMILES string of the molecule is COCCCO[C@@H](c1ccccc1)[C@@H]1CCCN(C(=O)N(C)C(CN)CC2CCCCC2)C1. The first-order valence-electron chi connectivity index (χ1n) is 13.0. The molecule has 0 spiro atoms. The summed E-state index contributed by atoms with van der Waals surface area (Å²) < 4.78 is 11.6.